The Labute approximate surface area is 213 Å². The number of carboxylic acids is 1. The molecule has 1 aliphatic heterocycles. The van der Waals surface area contributed by atoms with Crippen LogP contribution in [0.25, 0.3) is 0 Å². The molecule has 0 fully saturated rings. The highest BCUT2D eigenvalue weighted by Gasteiger charge is 2.29. The standard InChI is InChI=1S/C27H39N3O6/c1-18(2)15-22-24(31)28-23(26(33)34)17-20(25(32)30(3)4)13-9-6-10-14-21(36-27(35)29-22)16-19-11-7-5-8-12-19/h5,7-8,11-12,18,20-22H,6,9-10,13-17H2,1-4H3,(H,29,35)(H,33,34)/b28-23-/t20?,21?,22-/m0/s1. The smallest absolute Gasteiger partial charge is 0.408 e. The fraction of sp³-hybridized carbons (Fsp3) is 0.593. The van der Waals surface area contributed by atoms with Crippen molar-refractivity contribution in [3.63, 3.8) is 0 Å². The van der Waals surface area contributed by atoms with Crippen LogP contribution in [0.4, 0.5) is 4.79 Å². The van der Waals surface area contributed by atoms with Crippen molar-refractivity contribution in [3.05, 3.63) is 35.9 Å². The summed E-state index contributed by atoms with van der Waals surface area (Å²) in [6.07, 6.45) is 2.95. The lowest BCUT2D eigenvalue weighted by atomic mass is 9.93. The number of hydrogen-bond acceptors (Lipinski definition) is 5. The van der Waals surface area contributed by atoms with Crippen molar-refractivity contribution < 1.29 is 29.0 Å². The molecule has 1 aromatic carbocycles. The Kier molecular flexibility index (Phi) is 11.6. The first kappa shape index (κ1) is 29.0. The zero-order chi connectivity index (χ0) is 26.7. The first-order chi connectivity index (χ1) is 17.1. The van der Waals surface area contributed by atoms with Gasteiger partial charge in [-0.1, -0.05) is 57.0 Å². The van der Waals surface area contributed by atoms with E-state index in [0.717, 1.165) is 18.4 Å². The number of alkyl carbamates (subject to hydrolysis) is 1. The summed E-state index contributed by atoms with van der Waals surface area (Å²) in [6, 6.07) is 8.70. The van der Waals surface area contributed by atoms with Gasteiger partial charge in [-0.2, -0.15) is 0 Å². The topological polar surface area (TPSA) is 125 Å². The van der Waals surface area contributed by atoms with Gasteiger partial charge in [0.25, 0.3) is 5.91 Å². The molecule has 36 heavy (non-hydrogen) atoms. The van der Waals surface area contributed by atoms with Gasteiger partial charge in [0.2, 0.25) is 5.91 Å². The Morgan fingerprint density at radius 3 is 2.39 bits per heavy atom. The van der Waals surface area contributed by atoms with Crippen molar-refractivity contribution in [2.24, 2.45) is 16.8 Å². The number of ether oxygens (including phenoxy) is 1. The summed E-state index contributed by atoms with van der Waals surface area (Å²) in [5.41, 5.74) is 0.663. The minimum Gasteiger partial charge on any atom is -0.477 e. The minimum absolute atomic E-state index is 0.0352. The highest BCUT2D eigenvalue weighted by atomic mass is 16.6. The lowest BCUT2D eigenvalue weighted by molar-refractivity contribution is -0.133. The fourth-order valence-corrected chi connectivity index (χ4v) is 4.34. The maximum absolute atomic E-state index is 13.0. The number of cyclic esters (lactones) is 1. The summed E-state index contributed by atoms with van der Waals surface area (Å²) in [5.74, 6) is -2.87. The third kappa shape index (κ3) is 9.79. The second kappa shape index (κ2) is 14.4. The molecule has 198 valence electrons. The van der Waals surface area contributed by atoms with Crippen LogP contribution >= 0.6 is 0 Å². The van der Waals surface area contributed by atoms with E-state index in [1.807, 2.05) is 44.2 Å². The Morgan fingerprint density at radius 2 is 1.78 bits per heavy atom. The van der Waals surface area contributed by atoms with Crippen molar-refractivity contribution in [2.45, 2.75) is 77.4 Å². The molecule has 2 rings (SSSR count). The number of amides is 3. The minimum atomic E-state index is -1.35. The second-order valence-electron chi connectivity index (χ2n) is 10.0. The molecule has 0 saturated carbocycles. The van der Waals surface area contributed by atoms with Crippen LogP contribution in [0.2, 0.25) is 0 Å². The molecule has 3 amide bonds. The van der Waals surface area contributed by atoms with Crippen LogP contribution in [0.15, 0.2) is 35.3 Å². The lowest BCUT2D eigenvalue weighted by Crippen LogP contribution is -2.43. The first-order valence-corrected chi connectivity index (χ1v) is 12.6. The number of rotatable bonds is 6. The summed E-state index contributed by atoms with van der Waals surface area (Å²) in [5, 5.41) is 12.3. The lowest BCUT2D eigenvalue weighted by Gasteiger charge is -2.22. The van der Waals surface area contributed by atoms with Crippen LogP contribution < -0.4 is 5.32 Å². The van der Waals surface area contributed by atoms with Gasteiger partial charge >= 0.3 is 12.1 Å². The van der Waals surface area contributed by atoms with Gasteiger partial charge < -0.3 is 20.1 Å². The van der Waals surface area contributed by atoms with E-state index in [-0.39, 0.29) is 36.5 Å². The third-order valence-corrected chi connectivity index (χ3v) is 6.18. The third-order valence-electron chi connectivity index (χ3n) is 6.18. The van der Waals surface area contributed by atoms with Crippen molar-refractivity contribution in [1.82, 2.24) is 10.2 Å². The van der Waals surface area contributed by atoms with E-state index in [2.05, 4.69) is 10.3 Å². The number of aliphatic carboxylic acids is 1. The van der Waals surface area contributed by atoms with Gasteiger partial charge in [-0.25, -0.2) is 14.6 Å². The number of aliphatic imine (C=N–C) groups is 1. The highest BCUT2D eigenvalue weighted by Crippen LogP contribution is 2.21. The SMILES string of the molecule is CC(C)C[C@@H]1NC(=O)OC(Cc2ccccc2)CCCCCC(C(=O)N(C)C)C/C(C(=O)O)=N/C1=O. The molecule has 2 N–H and O–H groups in total. The Bertz CT molecular complexity index is 929. The van der Waals surface area contributed by atoms with Gasteiger partial charge in [-0.3, -0.25) is 9.59 Å². The molecule has 1 aromatic rings. The number of carboxylic acid groups (broad SMARTS) is 1. The van der Waals surface area contributed by atoms with Crippen molar-refractivity contribution >= 4 is 29.6 Å². The monoisotopic (exact) mass is 501 g/mol. The van der Waals surface area contributed by atoms with Gasteiger partial charge in [0.05, 0.1) is 0 Å². The zero-order valence-electron chi connectivity index (χ0n) is 21.7. The maximum atomic E-state index is 13.0. The molecule has 9 nitrogen and oxygen atoms in total. The molecule has 1 aliphatic rings. The quantitative estimate of drug-likeness (QED) is 0.610. The van der Waals surface area contributed by atoms with E-state index in [1.165, 1.54) is 4.90 Å². The molecule has 2 unspecified atom stereocenters. The van der Waals surface area contributed by atoms with Gasteiger partial charge in [0.15, 0.2) is 0 Å². The molecular weight excluding hydrogens is 462 g/mol. The van der Waals surface area contributed by atoms with E-state index in [0.29, 0.717) is 25.7 Å². The molecular formula is C27H39N3O6. The molecule has 0 spiro atoms. The van der Waals surface area contributed by atoms with Gasteiger partial charge in [-0.05, 0) is 37.2 Å². The number of nitrogens with one attached hydrogen (secondary N) is 1. The molecule has 0 aromatic heterocycles. The maximum Gasteiger partial charge on any atom is 0.408 e. The Morgan fingerprint density at radius 1 is 1.11 bits per heavy atom. The molecule has 0 radical (unpaired) electrons. The first-order valence-electron chi connectivity index (χ1n) is 12.6. The number of hydrogen-bond donors (Lipinski definition) is 2. The predicted octanol–water partition coefficient (Wildman–Crippen LogP) is 3.85. The van der Waals surface area contributed by atoms with Crippen LogP contribution in [0.3, 0.4) is 0 Å². The van der Waals surface area contributed by atoms with Crippen molar-refractivity contribution in [2.75, 3.05) is 14.1 Å². The van der Waals surface area contributed by atoms with Gasteiger partial charge in [-0.15, -0.1) is 0 Å². The van der Waals surface area contributed by atoms with Gasteiger partial charge in [0.1, 0.15) is 17.9 Å². The number of benzene rings is 1. The van der Waals surface area contributed by atoms with Crippen LogP contribution in [0.5, 0.6) is 0 Å². The van der Waals surface area contributed by atoms with Crippen molar-refractivity contribution in [1.29, 1.82) is 0 Å². The fourth-order valence-electron chi connectivity index (χ4n) is 4.34. The predicted molar refractivity (Wildman–Crippen MR) is 137 cm³/mol. The summed E-state index contributed by atoms with van der Waals surface area (Å²) < 4.78 is 5.73. The largest absolute Gasteiger partial charge is 0.477 e. The normalized spacial score (nSPS) is 23.9. The Balaban J connectivity index is 2.34. The van der Waals surface area contributed by atoms with Gasteiger partial charge in [0, 0.05) is 32.9 Å². The summed E-state index contributed by atoms with van der Waals surface area (Å²) in [4.78, 5) is 55.8. The van der Waals surface area contributed by atoms with Crippen LogP contribution in [-0.4, -0.2) is 65.8 Å². The molecule has 0 bridgehead atoms. The number of nitrogens with zero attached hydrogens (tertiary/aromatic N) is 2. The summed E-state index contributed by atoms with van der Waals surface area (Å²) >= 11 is 0. The highest BCUT2D eigenvalue weighted by molar-refractivity contribution is 6.37. The van der Waals surface area contributed by atoms with Crippen LogP contribution in [0, 0.1) is 11.8 Å². The van der Waals surface area contributed by atoms with E-state index in [4.69, 9.17) is 4.74 Å². The van der Waals surface area contributed by atoms with Crippen LogP contribution in [-0.2, 0) is 25.5 Å². The molecule has 1 heterocycles. The van der Waals surface area contributed by atoms with E-state index in [1.54, 1.807) is 14.1 Å². The summed E-state index contributed by atoms with van der Waals surface area (Å²) in [7, 11) is 3.25. The van der Waals surface area contributed by atoms with E-state index >= 15 is 0 Å². The molecule has 9 heteroatoms. The molecule has 3 atom stereocenters. The average molecular weight is 502 g/mol. The number of carbonyl (C=O) groups is 4. The van der Waals surface area contributed by atoms with Crippen molar-refractivity contribution in [3.8, 4) is 0 Å². The zero-order valence-corrected chi connectivity index (χ0v) is 21.7. The Hall–Kier alpha value is -3.23. The van der Waals surface area contributed by atoms with Crippen LogP contribution in [0.1, 0.15) is 64.4 Å². The van der Waals surface area contributed by atoms with E-state index < -0.39 is 29.9 Å². The second-order valence-corrected chi connectivity index (χ2v) is 10.0. The number of carbonyl (C=O) groups excluding carboxylic acids is 3. The average Bonchev–Trinajstić information content (AvgIpc) is 2.81. The van der Waals surface area contributed by atoms with E-state index in [9.17, 15) is 24.3 Å². The molecule has 0 saturated heterocycles. The summed E-state index contributed by atoms with van der Waals surface area (Å²) in [6.45, 7) is 3.78. The molecule has 0 aliphatic carbocycles.